The van der Waals surface area contributed by atoms with Gasteiger partial charge in [-0.05, 0) is 42.9 Å². The summed E-state index contributed by atoms with van der Waals surface area (Å²) >= 11 is 0. The highest BCUT2D eigenvalue weighted by molar-refractivity contribution is 5.33. The van der Waals surface area contributed by atoms with Crippen molar-refractivity contribution in [3.8, 4) is 0 Å². The van der Waals surface area contributed by atoms with E-state index in [0.29, 0.717) is 17.4 Å². The summed E-state index contributed by atoms with van der Waals surface area (Å²) in [4.78, 5) is 0. The molecule has 0 aromatic heterocycles. The molecule has 0 amide bonds. The van der Waals surface area contributed by atoms with Gasteiger partial charge in [0.2, 0.25) is 0 Å². The van der Waals surface area contributed by atoms with Crippen molar-refractivity contribution in [3.05, 3.63) is 35.4 Å². The van der Waals surface area contributed by atoms with Crippen LogP contribution in [0.3, 0.4) is 0 Å². The van der Waals surface area contributed by atoms with Gasteiger partial charge in [0.25, 0.3) is 0 Å². The molecule has 1 heterocycles. The van der Waals surface area contributed by atoms with Crippen LogP contribution >= 0.6 is 0 Å². The summed E-state index contributed by atoms with van der Waals surface area (Å²) < 4.78 is 38.6. The highest BCUT2D eigenvalue weighted by atomic mass is 19.4. The van der Waals surface area contributed by atoms with Crippen LogP contribution in [0.25, 0.3) is 0 Å². The lowest BCUT2D eigenvalue weighted by molar-refractivity contribution is -0.138. The van der Waals surface area contributed by atoms with Gasteiger partial charge in [0.1, 0.15) is 0 Å². The predicted octanol–water partition coefficient (Wildman–Crippen LogP) is 3.38. The summed E-state index contributed by atoms with van der Waals surface area (Å²) in [7, 11) is 0. The summed E-state index contributed by atoms with van der Waals surface area (Å²) in [6, 6.07) is 5.79. The van der Waals surface area contributed by atoms with Gasteiger partial charge in [0.15, 0.2) is 0 Å². The molecule has 2 fully saturated rings. The molecular formula is C13H14F3N. The largest absolute Gasteiger partial charge is 0.416 e. The van der Waals surface area contributed by atoms with E-state index in [1.54, 1.807) is 12.1 Å². The first-order chi connectivity index (χ1) is 8.05. The number of hydrogen-bond acceptors (Lipinski definition) is 1. The Kier molecular flexibility index (Phi) is 2.43. The van der Waals surface area contributed by atoms with Gasteiger partial charge in [-0.25, -0.2) is 0 Å². The lowest BCUT2D eigenvalue weighted by Crippen LogP contribution is -2.30. The molecule has 1 N–H and O–H groups in total. The minimum absolute atomic E-state index is 0.128. The molecule has 1 saturated heterocycles. The Hall–Kier alpha value is -1.03. The number of alkyl halides is 3. The molecule has 1 saturated carbocycles. The third-order valence-corrected chi connectivity index (χ3v) is 3.88. The van der Waals surface area contributed by atoms with Crippen molar-refractivity contribution in [2.75, 3.05) is 6.54 Å². The number of hydrogen-bond donors (Lipinski definition) is 1. The van der Waals surface area contributed by atoms with Crippen molar-refractivity contribution in [2.45, 2.75) is 25.1 Å². The van der Waals surface area contributed by atoms with Crippen molar-refractivity contribution in [3.63, 3.8) is 0 Å². The topological polar surface area (TPSA) is 12.0 Å². The molecule has 3 atom stereocenters. The zero-order valence-corrected chi connectivity index (χ0v) is 9.30. The highest BCUT2D eigenvalue weighted by Gasteiger charge is 2.44. The molecule has 1 aromatic rings. The average molecular weight is 241 g/mol. The summed E-state index contributed by atoms with van der Waals surface area (Å²) in [6.07, 6.45) is -2.23. The summed E-state index contributed by atoms with van der Waals surface area (Å²) in [5.74, 6) is 1.35. The Morgan fingerprint density at radius 2 is 1.82 bits per heavy atom. The van der Waals surface area contributed by atoms with Gasteiger partial charge in [-0.1, -0.05) is 18.2 Å². The fourth-order valence-corrected chi connectivity index (χ4v) is 2.82. The number of benzene rings is 1. The minimum atomic E-state index is -4.25. The predicted molar refractivity (Wildman–Crippen MR) is 58.4 cm³/mol. The van der Waals surface area contributed by atoms with E-state index in [-0.39, 0.29) is 6.04 Å². The first-order valence-electron chi connectivity index (χ1n) is 5.95. The standard InChI is InChI=1S/C13H14F3N/c14-13(15,16)11-4-2-1-3-10(11)12-6-8-5-9(8)7-17-12/h1-4,8-9,12,17H,5-7H2. The molecule has 17 heavy (non-hydrogen) atoms. The van der Waals surface area contributed by atoms with E-state index < -0.39 is 11.7 Å². The molecular weight excluding hydrogens is 227 g/mol. The van der Waals surface area contributed by atoms with Crippen molar-refractivity contribution in [1.82, 2.24) is 5.32 Å². The van der Waals surface area contributed by atoms with E-state index in [4.69, 9.17) is 0 Å². The summed E-state index contributed by atoms with van der Waals surface area (Å²) in [6.45, 7) is 0.863. The molecule has 0 radical (unpaired) electrons. The maximum Gasteiger partial charge on any atom is 0.416 e. The number of fused-ring (bicyclic) bond motifs is 1. The Morgan fingerprint density at radius 3 is 2.53 bits per heavy atom. The summed E-state index contributed by atoms with van der Waals surface area (Å²) in [5.41, 5.74) is -0.0815. The van der Waals surface area contributed by atoms with Crippen molar-refractivity contribution >= 4 is 0 Å². The van der Waals surface area contributed by atoms with E-state index in [0.717, 1.165) is 13.0 Å². The lowest BCUT2D eigenvalue weighted by Gasteiger charge is -2.26. The lowest BCUT2D eigenvalue weighted by atomic mass is 9.93. The Balaban J connectivity index is 1.91. The number of halogens is 3. The molecule has 1 aromatic carbocycles. The molecule has 1 aliphatic carbocycles. The van der Waals surface area contributed by atoms with E-state index in [1.807, 2.05) is 0 Å². The van der Waals surface area contributed by atoms with Crippen molar-refractivity contribution < 1.29 is 13.2 Å². The second kappa shape index (κ2) is 3.73. The van der Waals surface area contributed by atoms with Crippen molar-refractivity contribution in [1.29, 1.82) is 0 Å². The van der Waals surface area contributed by atoms with E-state index in [9.17, 15) is 13.2 Å². The van der Waals surface area contributed by atoms with E-state index >= 15 is 0 Å². The van der Waals surface area contributed by atoms with Crippen LogP contribution in [0, 0.1) is 11.8 Å². The van der Waals surface area contributed by atoms with Crippen LogP contribution in [-0.4, -0.2) is 6.54 Å². The van der Waals surface area contributed by atoms with Crippen molar-refractivity contribution in [2.24, 2.45) is 11.8 Å². The number of piperidine rings is 1. The second-order valence-electron chi connectivity index (χ2n) is 5.04. The average Bonchev–Trinajstić information content (AvgIpc) is 3.05. The molecule has 2 aliphatic rings. The van der Waals surface area contributed by atoms with Crippen LogP contribution in [-0.2, 0) is 6.18 Å². The molecule has 4 heteroatoms. The minimum Gasteiger partial charge on any atom is -0.310 e. The van der Waals surface area contributed by atoms with Crippen LogP contribution in [0.4, 0.5) is 13.2 Å². The molecule has 1 nitrogen and oxygen atoms in total. The Labute approximate surface area is 98.0 Å². The van der Waals surface area contributed by atoms with Gasteiger partial charge >= 0.3 is 6.18 Å². The maximum atomic E-state index is 12.9. The first kappa shape index (κ1) is 11.1. The zero-order chi connectivity index (χ0) is 12.0. The quantitative estimate of drug-likeness (QED) is 0.794. The van der Waals surface area contributed by atoms with Crippen LogP contribution < -0.4 is 5.32 Å². The molecule has 1 aliphatic heterocycles. The van der Waals surface area contributed by atoms with Crippen LogP contribution in [0.15, 0.2) is 24.3 Å². The molecule has 3 unspecified atom stereocenters. The SMILES string of the molecule is FC(F)(F)c1ccccc1C1CC2CC2CN1. The van der Waals surface area contributed by atoms with Crippen LogP contribution in [0.1, 0.15) is 30.0 Å². The Morgan fingerprint density at radius 1 is 1.06 bits per heavy atom. The molecule has 0 spiro atoms. The number of nitrogens with one attached hydrogen (secondary N) is 1. The first-order valence-corrected chi connectivity index (χ1v) is 5.95. The van der Waals surface area contributed by atoms with Gasteiger partial charge in [0, 0.05) is 6.04 Å². The third kappa shape index (κ3) is 2.06. The highest BCUT2D eigenvalue weighted by Crippen LogP contribution is 2.48. The van der Waals surface area contributed by atoms with Crippen LogP contribution in [0.2, 0.25) is 0 Å². The van der Waals surface area contributed by atoms with Gasteiger partial charge in [0.05, 0.1) is 5.56 Å². The van der Waals surface area contributed by atoms with Crippen LogP contribution in [0.5, 0.6) is 0 Å². The molecule has 3 rings (SSSR count). The van der Waals surface area contributed by atoms with Gasteiger partial charge < -0.3 is 5.32 Å². The van der Waals surface area contributed by atoms with E-state index in [2.05, 4.69) is 5.32 Å². The van der Waals surface area contributed by atoms with Gasteiger partial charge in [-0.3, -0.25) is 0 Å². The van der Waals surface area contributed by atoms with Gasteiger partial charge in [-0.2, -0.15) is 13.2 Å². The Bertz CT molecular complexity index is 427. The maximum absolute atomic E-state index is 12.9. The summed E-state index contributed by atoms with van der Waals surface area (Å²) in [5, 5.41) is 3.24. The smallest absolute Gasteiger partial charge is 0.310 e. The molecule has 0 bridgehead atoms. The van der Waals surface area contributed by atoms with Gasteiger partial charge in [-0.15, -0.1) is 0 Å². The normalized spacial score (nSPS) is 32.1. The zero-order valence-electron chi connectivity index (χ0n) is 9.30. The van der Waals surface area contributed by atoms with E-state index in [1.165, 1.54) is 18.6 Å². The third-order valence-electron chi connectivity index (χ3n) is 3.88. The fourth-order valence-electron chi connectivity index (χ4n) is 2.82. The molecule has 92 valence electrons. The fraction of sp³-hybridized carbons (Fsp3) is 0.538. The monoisotopic (exact) mass is 241 g/mol. The number of rotatable bonds is 1. The second-order valence-corrected chi connectivity index (χ2v) is 5.04.